The molecule has 14 heavy (non-hydrogen) atoms. The molecule has 0 aromatic heterocycles. The van der Waals surface area contributed by atoms with Crippen LogP contribution in [0, 0.1) is 0 Å². The number of methoxy groups -OCH3 is 2. The van der Waals surface area contributed by atoms with Gasteiger partial charge in [-0.15, -0.1) is 0 Å². The number of rotatable bonds is 7. The van der Waals surface area contributed by atoms with Crippen molar-refractivity contribution in [1.29, 1.82) is 0 Å². The quantitative estimate of drug-likeness (QED) is 0.560. The Bertz CT molecular complexity index is 160. The van der Waals surface area contributed by atoms with Crippen molar-refractivity contribution in [2.75, 3.05) is 27.3 Å². The van der Waals surface area contributed by atoms with Crippen molar-refractivity contribution in [1.82, 2.24) is 10.6 Å². The van der Waals surface area contributed by atoms with Gasteiger partial charge in [-0.2, -0.15) is 0 Å². The fourth-order valence-corrected chi connectivity index (χ4v) is 1.12. The molecule has 0 aliphatic heterocycles. The first-order chi connectivity index (χ1) is 6.65. The van der Waals surface area contributed by atoms with Gasteiger partial charge in [0.05, 0.1) is 12.6 Å². The lowest BCUT2D eigenvalue weighted by Gasteiger charge is -2.22. The molecule has 0 rings (SSSR count). The van der Waals surface area contributed by atoms with E-state index in [0.29, 0.717) is 6.54 Å². The van der Waals surface area contributed by atoms with Crippen molar-refractivity contribution in [2.24, 2.45) is 0 Å². The van der Waals surface area contributed by atoms with Crippen LogP contribution < -0.4 is 10.6 Å². The van der Waals surface area contributed by atoms with Crippen molar-refractivity contribution < 1.29 is 14.3 Å². The van der Waals surface area contributed by atoms with Crippen LogP contribution in [0.25, 0.3) is 0 Å². The first-order valence-corrected chi connectivity index (χ1v) is 4.71. The van der Waals surface area contributed by atoms with Crippen LogP contribution in [0.5, 0.6) is 0 Å². The first kappa shape index (κ1) is 13.4. The maximum Gasteiger partial charge on any atom is 0.234 e. The van der Waals surface area contributed by atoms with Crippen LogP contribution >= 0.6 is 0 Å². The second-order valence-corrected chi connectivity index (χ2v) is 2.98. The third-order valence-corrected chi connectivity index (χ3v) is 1.80. The molecule has 0 aliphatic carbocycles. The Morgan fingerprint density at radius 1 is 1.36 bits per heavy atom. The lowest BCUT2D eigenvalue weighted by Crippen LogP contribution is -2.46. The smallest absolute Gasteiger partial charge is 0.234 e. The van der Waals surface area contributed by atoms with Crippen LogP contribution in [0.2, 0.25) is 0 Å². The van der Waals surface area contributed by atoms with Gasteiger partial charge in [-0.25, -0.2) is 0 Å². The van der Waals surface area contributed by atoms with Crippen LogP contribution in [-0.4, -0.2) is 45.5 Å². The highest BCUT2D eigenvalue weighted by atomic mass is 16.7. The molecule has 0 spiro atoms. The van der Waals surface area contributed by atoms with Gasteiger partial charge in [0.1, 0.15) is 0 Å². The Labute approximate surface area is 85.1 Å². The Kier molecular flexibility index (Phi) is 7.37. The summed E-state index contributed by atoms with van der Waals surface area (Å²) in [4.78, 5) is 11.3. The molecular formula is C9H20N2O3. The minimum atomic E-state index is -0.402. The number of nitrogens with one attached hydrogen (secondary N) is 2. The number of hydrogen-bond donors (Lipinski definition) is 2. The number of hydrogen-bond acceptors (Lipinski definition) is 4. The largest absolute Gasteiger partial charge is 0.354 e. The summed E-state index contributed by atoms with van der Waals surface area (Å²) in [6.07, 6.45) is -0.402. The van der Waals surface area contributed by atoms with Crippen molar-refractivity contribution in [2.45, 2.75) is 26.2 Å². The molecule has 0 aliphatic rings. The van der Waals surface area contributed by atoms with E-state index in [9.17, 15) is 4.79 Å². The summed E-state index contributed by atoms with van der Waals surface area (Å²) in [6.45, 7) is 4.88. The Morgan fingerprint density at radius 3 is 2.36 bits per heavy atom. The van der Waals surface area contributed by atoms with Gasteiger partial charge in [0, 0.05) is 14.2 Å². The third-order valence-electron chi connectivity index (χ3n) is 1.80. The molecular weight excluding hydrogens is 184 g/mol. The van der Waals surface area contributed by atoms with Gasteiger partial charge in [-0.3, -0.25) is 4.79 Å². The first-order valence-electron chi connectivity index (χ1n) is 4.71. The van der Waals surface area contributed by atoms with Gasteiger partial charge in [0.2, 0.25) is 5.91 Å². The zero-order valence-electron chi connectivity index (χ0n) is 9.29. The maximum atomic E-state index is 11.3. The average molecular weight is 204 g/mol. The topological polar surface area (TPSA) is 59.6 Å². The van der Waals surface area contributed by atoms with Crippen LogP contribution in [0.4, 0.5) is 0 Å². The molecule has 1 unspecified atom stereocenters. The summed E-state index contributed by atoms with van der Waals surface area (Å²) < 4.78 is 10.0. The molecule has 84 valence electrons. The summed E-state index contributed by atoms with van der Waals surface area (Å²) in [5, 5.41) is 5.70. The molecule has 0 saturated carbocycles. The summed E-state index contributed by atoms with van der Waals surface area (Å²) in [5.74, 6) is -0.0570. The molecule has 0 radical (unpaired) electrons. The van der Waals surface area contributed by atoms with E-state index in [1.807, 2.05) is 13.8 Å². The van der Waals surface area contributed by atoms with Crippen molar-refractivity contribution in [3.8, 4) is 0 Å². The van der Waals surface area contributed by atoms with E-state index >= 15 is 0 Å². The molecule has 0 aromatic rings. The minimum absolute atomic E-state index is 0.0570. The minimum Gasteiger partial charge on any atom is -0.354 e. The van der Waals surface area contributed by atoms with Crippen LogP contribution in [-0.2, 0) is 14.3 Å². The van der Waals surface area contributed by atoms with Gasteiger partial charge >= 0.3 is 0 Å². The number of ether oxygens (including phenoxy) is 2. The second-order valence-electron chi connectivity index (χ2n) is 2.98. The SMILES string of the molecule is CCNCC(=O)NC(C)C(OC)OC. The van der Waals surface area contributed by atoms with E-state index in [2.05, 4.69) is 10.6 Å². The van der Waals surface area contributed by atoms with Crippen molar-refractivity contribution in [3.63, 3.8) is 0 Å². The highest BCUT2D eigenvalue weighted by molar-refractivity contribution is 5.78. The number of carbonyl (C=O) groups excluding carboxylic acids is 1. The number of carbonyl (C=O) groups is 1. The van der Waals surface area contributed by atoms with Crippen molar-refractivity contribution in [3.05, 3.63) is 0 Å². The van der Waals surface area contributed by atoms with E-state index in [1.165, 1.54) is 0 Å². The summed E-state index contributed by atoms with van der Waals surface area (Å²) in [6, 6.07) is -0.156. The van der Waals surface area contributed by atoms with Crippen LogP contribution in [0.15, 0.2) is 0 Å². The number of amides is 1. The second kappa shape index (κ2) is 7.73. The highest BCUT2D eigenvalue weighted by Gasteiger charge is 2.17. The Hall–Kier alpha value is -0.650. The Balaban J connectivity index is 3.79. The fraction of sp³-hybridized carbons (Fsp3) is 0.889. The summed E-state index contributed by atoms with van der Waals surface area (Å²) in [7, 11) is 3.09. The molecule has 1 amide bonds. The summed E-state index contributed by atoms with van der Waals surface area (Å²) >= 11 is 0. The molecule has 1 atom stereocenters. The standard InChI is InChI=1S/C9H20N2O3/c1-5-10-6-8(12)11-7(2)9(13-3)14-4/h7,9-10H,5-6H2,1-4H3,(H,11,12). The lowest BCUT2D eigenvalue weighted by atomic mass is 10.3. The average Bonchev–Trinajstić information content (AvgIpc) is 2.16. The van der Waals surface area contributed by atoms with Gasteiger partial charge in [-0.05, 0) is 13.5 Å². The predicted molar refractivity (Wildman–Crippen MR) is 54.0 cm³/mol. The van der Waals surface area contributed by atoms with Gasteiger partial charge in [0.15, 0.2) is 6.29 Å². The molecule has 0 saturated heterocycles. The van der Waals surface area contributed by atoms with Gasteiger partial charge in [-0.1, -0.05) is 6.92 Å². The molecule has 0 bridgehead atoms. The molecule has 0 heterocycles. The maximum absolute atomic E-state index is 11.3. The summed E-state index contributed by atoms with van der Waals surface area (Å²) in [5.41, 5.74) is 0. The lowest BCUT2D eigenvalue weighted by molar-refractivity contribution is -0.135. The molecule has 5 nitrogen and oxygen atoms in total. The monoisotopic (exact) mass is 204 g/mol. The zero-order chi connectivity index (χ0) is 11.0. The van der Waals surface area contributed by atoms with E-state index in [1.54, 1.807) is 14.2 Å². The van der Waals surface area contributed by atoms with Crippen molar-refractivity contribution >= 4 is 5.91 Å². The number of likely N-dealkylation sites (N-methyl/N-ethyl adjacent to an activating group) is 1. The predicted octanol–water partition coefficient (Wildman–Crippen LogP) is -0.280. The van der Waals surface area contributed by atoms with Crippen LogP contribution in [0.3, 0.4) is 0 Å². The normalized spacial score (nSPS) is 12.9. The van der Waals surface area contributed by atoms with E-state index in [0.717, 1.165) is 6.54 Å². The molecule has 2 N–H and O–H groups in total. The Morgan fingerprint density at radius 2 is 1.93 bits per heavy atom. The fourth-order valence-electron chi connectivity index (χ4n) is 1.12. The van der Waals surface area contributed by atoms with E-state index in [-0.39, 0.29) is 11.9 Å². The van der Waals surface area contributed by atoms with E-state index < -0.39 is 6.29 Å². The zero-order valence-corrected chi connectivity index (χ0v) is 9.29. The van der Waals surface area contributed by atoms with Gasteiger partial charge in [0.25, 0.3) is 0 Å². The molecule has 0 fully saturated rings. The van der Waals surface area contributed by atoms with E-state index in [4.69, 9.17) is 9.47 Å². The molecule has 0 aromatic carbocycles. The molecule has 5 heteroatoms. The highest BCUT2D eigenvalue weighted by Crippen LogP contribution is 1.97. The third kappa shape index (κ3) is 5.16. The van der Waals surface area contributed by atoms with Gasteiger partial charge < -0.3 is 20.1 Å². The van der Waals surface area contributed by atoms with Crippen LogP contribution in [0.1, 0.15) is 13.8 Å².